The normalized spacial score (nSPS) is 15.3. The molecule has 0 radical (unpaired) electrons. The summed E-state index contributed by atoms with van der Waals surface area (Å²) in [5.41, 5.74) is 18.9. The number of hydrogen-bond acceptors (Lipinski definition) is 3. The van der Waals surface area contributed by atoms with E-state index in [1.165, 1.54) is 33.3 Å². The maximum Gasteiger partial charge on any atom is 0.191 e. The maximum absolute atomic E-state index is 5.22. The molecule has 11 rings (SSSR count). The second-order valence-corrected chi connectivity index (χ2v) is 20.2. The van der Waals surface area contributed by atoms with E-state index in [1.54, 1.807) is 0 Å². The summed E-state index contributed by atoms with van der Waals surface area (Å²) < 4.78 is 4.73. The molecule has 5 heteroatoms. The number of fused-ring (bicyclic) bond motifs is 4. The van der Waals surface area contributed by atoms with E-state index in [0.717, 1.165) is 62.0 Å². The van der Waals surface area contributed by atoms with E-state index < -0.39 is 0 Å². The van der Waals surface area contributed by atoms with Crippen LogP contribution in [-0.4, -0.2) is 20.2 Å². The monoisotopic (exact) mass is 898 g/mol. The lowest BCUT2D eigenvalue weighted by Crippen LogP contribution is -2.29. The van der Waals surface area contributed by atoms with Crippen molar-refractivity contribution in [1.82, 2.24) is 14.1 Å². The molecule has 0 bridgehead atoms. The molecule has 1 aliphatic heterocycles. The van der Waals surface area contributed by atoms with Crippen LogP contribution >= 0.6 is 0 Å². The number of benzene rings is 7. The lowest BCUT2D eigenvalue weighted by molar-refractivity contribution is 0.406. The Bertz CT molecular complexity index is 3320. The molecular weight excluding hydrogens is 839 g/mol. The number of nitrogens with zero attached hydrogens (tertiary/aromatic N) is 5. The second-order valence-electron chi connectivity index (χ2n) is 20.2. The van der Waals surface area contributed by atoms with Gasteiger partial charge in [-0.2, -0.15) is 4.57 Å². The highest BCUT2D eigenvalue weighted by atomic mass is 15.2. The van der Waals surface area contributed by atoms with Gasteiger partial charge in [0.05, 0.1) is 23.0 Å². The van der Waals surface area contributed by atoms with Gasteiger partial charge in [0.2, 0.25) is 0 Å². The van der Waals surface area contributed by atoms with Crippen LogP contribution in [0.15, 0.2) is 213 Å². The summed E-state index contributed by atoms with van der Waals surface area (Å²) in [7, 11) is 0. The van der Waals surface area contributed by atoms with Gasteiger partial charge in [-0.15, -0.1) is 0 Å². The van der Waals surface area contributed by atoms with Gasteiger partial charge in [-0.1, -0.05) is 155 Å². The zero-order valence-electron chi connectivity index (χ0n) is 40.8. The van der Waals surface area contributed by atoms with Crippen molar-refractivity contribution in [3.8, 4) is 39.1 Å². The van der Waals surface area contributed by atoms with Crippen molar-refractivity contribution >= 4 is 39.6 Å². The Balaban J connectivity index is 1.16. The Morgan fingerprint density at radius 3 is 1.84 bits per heavy atom. The van der Waals surface area contributed by atoms with Crippen LogP contribution in [0.4, 0.5) is 28.6 Å². The molecule has 1 aliphatic carbocycles. The van der Waals surface area contributed by atoms with Crippen molar-refractivity contribution in [2.75, 3.05) is 9.80 Å². The topological polar surface area (TPSA) is 29.2 Å². The third-order valence-electron chi connectivity index (χ3n) is 14.1. The van der Waals surface area contributed by atoms with E-state index in [-0.39, 0.29) is 17.5 Å². The zero-order chi connectivity index (χ0) is 47.4. The summed E-state index contributed by atoms with van der Waals surface area (Å²) in [6.07, 6.45) is 13.4. The quantitative estimate of drug-likeness (QED) is 0.128. The van der Waals surface area contributed by atoms with Gasteiger partial charge in [0.1, 0.15) is 11.5 Å². The first-order valence-corrected chi connectivity index (χ1v) is 24.6. The van der Waals surface area contributed by atoms with Crippen molar-refractivity contribution in [2.45, 2.75) is 77.8 Å². The van der Waals surface area contributed by atoms with Crippen molar-refractivity contribution in [3.63, 3.8) is 0 Å². The van der Waals surface area contributed by atoms with Gasteiger partial charge in [-0.25, -0.2) is 9.55 Å². The fourth-order valence-electron chi connectivity index (χ4n) is 10.8. The first-order chi connectivity index (χ1) is 33.5. The number of para-hydroxylation sites is 3. The van der Waals surface area contributed by atoms with Crippen molar-refractivity contribution in [1.29, 1.82) is 0 Å². The molecule has 0 saturated carbocycles. The van der Waals surface area contributed by atoms with Crippen LogP contribution in [0.1, 0.15) is 82.9 Å². The summed E-state index contributed by atoms with van der Waals surface area (Å²) in [6, 6.07) is 64.8. The van der Waals surface area contributed by atoms with Crippen LogP contribution in [0.5, 0.6) is 0 Å². The lowest BCUT2D eigenvalue weighted by Gasteiger charge is -2.32. The number of allylic oxidation sites excluding steroid dienone is 2. The second kappa shape index (κ2) is 17.7. The number of rotatable bonds is 10. The van der Waals surface area contributed by atoms with Gasteiger partial charge in [0.15, 0.2) is 17.4 Å². The molecule has 69 heavy (non-hydrogen) atoms. The standard InChI is InChI=1S/C64H60N5/c1-43(2)51-28-19-29-52(44(3)4)62(51)47-37-38-65-61(39-47)69-57-32-15-14-27-55(57)56-36-35-50(41-60(56)69)68(63-53(45-21-10-8-11-22-45)30-20-31-54(63)46-23-12-9-13-24-46)49-26-18-25-48(40-49)66-42-67(64(5,6)7)59-34-17-16-33-58(59)66/h8-44,55,57H,1-7H3/q+1. The SMILES string of the molecule is CC(C)c1cccc(C(C)C)c1-c1ccnc(N2c3cc(N(c4cccc(-n5[cH+]n(C(C)(C)C)c6ccccc65)c4)c4c(-c5ccccc5)cccc4-c4ccccc4)ccc3C3C=CC=CC32)c1. The molecular formula is C64H60N5+. The molecule has 2 aromatic heterocycles. The summed E-state index contributed by atoms with van der Waals surface area (Å²) in [4.78, 5) is 10.2. The number of pyridine rings is 1. The van der Waals surface area contributed by atoms with Crippen molar-refractivity contribution in [2.24, 2.45) is 0 Å². The number of anilines is 5. The average molecular weight is 899 g/mol. The molecule has 2 atom stereocenters. The van der Waals surface area contributed by atoms with Crippen LogP contribution in [0.25, 0.3) is 50.1 Å². The van der Waals surface area contributed by atoms with E-state index in [9.17, 15) is 0 Å². The molecule has 0 spiro atoms. The van der Waals surface area contributed by atoms with E-state index in [2.05, 4.69) is 274 Å². The minimum atomic E-state index is -0.117. The first-order valence-electron chi connectivity index (χ1n) is 24.6. The van der Waals surface area contributed by atoms with Crippen LogP contribution in [-0.2, 0) is 5.54 Å². The maximum atomic E-state index is 5.22. The summed E-state index contributed by atoms with van der Waals surface area (Å²) in [6.45, 7) is 16.0. The molecule has 0 amide bonds. The Kier molecular flexibility index (Phi) is 11.2. The lowest BCUT2D eigenvalue weighted by atomic mass is 9.85. The van der Waals surface area contributed by atoms with Crippen LogP contribution < -0.4 is 9.80 Å². The van der Waals surface area contributed by atoms with E-state index >= 15 is 0 Å². The highest BCUT2D eigenvalue weighted by Gasteiger charge is 2.39. The molecule has 0 saturated heterocycles. The smallest absolute Gasteiger partial charge is 0.191 e. The number of hydrogen-bond donors (Lipinski definition) is 0. The third-order valence-corrected chi connectivity index (χ3v) is 14.1. The fourth-order valence-corrected chi connectivity index (χ4v) is 10.8. The largest absolute Gasteiger partial charge is 0.318 e. The van der Waals surface area contributed by atoms with E-state index in [1.807, 2.05) is 6.20 Å². The predicted molar refractivity (Wildman–Crippen MR) is 291 cm³/mol. The van der Waals surface area contributed by atoms with Crippen molar-refractivity contribution < 1.29 is 0 Å². The minimum Gasteiger partial charge on any atom is -0.318 e. The first kappa shape index (κ1) is 43.8. The molecule has 7 aromatic carbocycles. The van der Waals surface area contributed by atoms with Crippen molar-refractivity contribution in [3.05, 3.63) is 229 Å². The molecule has 0 fully saturated rings. The summed E-state index contributed by atoms with van der Waals surface area (Å²) >= 11 is 0. The van der Waals surface area contributed by atoms with Crippen LogP contribution in [0, 0.1) is 0 Å². The molecule has 9 aromatic rings. The molecule has 0 N–H and O–H groups in total. The summed E-state index contributed by atoms with van der Waals surface area (Å²) in [5, 5.41) is 0. The summed E-state index contributed by atoms with van der Waals surface area (Å²) in [5.74, 6) is 1.87. The molecule has 3 heterocycles. The Morgan fingerprint density at radius 2 is 1.17 bits per heavy atom. The molecule has 340 valence electrons. The van der Waals surface area contributed by atoms with Gasteiger partial charge in [-0.05, 0) is 120 Å². The highest BCUT2D eigenvalue weighted by Crippen LogP contribution is 2.53. The van der Waals surface area contributed by atoms with E-state index in [4.69, 9.17) is 4.98 Å². The van der Waals surface area contributed by atoms with Gasteiger partial charge < -0.3 is 9.80 Å². The van der Waals surface area contributed by atoms with Crippen LogP contribution in [0.3, 0.4) is 0 Å². The Hall–Kier alpha value is -7.76. The molecule has 2 unspecified atom stereocenters. The third kappa shape index (κ3) is 7.86. The van der Waals surface area contributed by atoms with Gasteiger partial charge in [0.25, 0.3) is 0 Å². The molecule has 5 nitrogen and oxygen atoms in total. The van der Waals surface area contributed by atoms with E-state index in [0.29, 0.717) is 11.8 Å². The minimum absolute atomic E-state index is 0.0673. The fraction of sp³-hybridized carbons (Fsp3) is 0.188. The van der Waals surface area contributed by atoms with Gasteiger partial charge >= 0.3 is 0 Å². The number of imidazole rings is 1. The average Bonchev–Trinajstić information content (AvgIpc) is 3.94. The number of aromatic nitrogens is 3. The highest BCUT2D eigenvalue weighted by molar-refractivity contribution is 5.98. The predicted octanol–water partition coefficient (Wildman–Crippen LogP) is 17.3. The Labute approximate surface area is 408 Å². The van der Waals surface area contributed by atoms with Crippen LogP contribution in [0.2, 0.25) is 0 Å². The Morgan fingerprint density at radius 1 is 0.565 bits per heavy atom. The van der Waals surface area contributed by atoms with Gasteiger partial charge in [-0.3, -0.25) is 0 Å². The van der Waals surface area contributed by atoms with Gasteiger partial charge in [0, 0.05) is 58.9 Å². The molecule has 2 aliphatic rings. The zero-order valence-corrected chi connectivity index (χ0v) is 40.8.